The molecule has 1 aromatic rings. The van der Waals surface area contributed by atoms with Gasteiger partial charge >= 0.3 is 12.1 Å². The topological polar surface area (TPSA) is 72.0 Å². The molecule has 0 saturated heterocycles. The Hall–Kier alpha value is -2.12. The van der Waals surface area contributed by atoms with E-state index in [0.29, 0.717) is 6.33 Å². The van der Waals surface area contributed by atoms with Crippen LogP contribution in [-0.4, -0.2) is 23.0 Å². The molecule has 1 heterocycles. The number of carbonyl (C=O) groups excluding carboxylic acids is 1. The molecule has 18 heavy (non-hydrogen) atoms. The lowest BCUT2D eigenvalue weighted by molar-refractivity contribution is -0.141. The monoisotopic (exact) mass is 262 g/mol. The number of nitrogens with zero attached hydrogens (tertiary/aromatic N) is 1. The zero-order valence-corrected chi connectivity index (χ0v) is 9.25. The predicted octanol–water partition coefficient (Wildman–Crippen LogP) is 1.36. The molecule has 0 aliphatic heterocycles. The standard InChI is InChI=1S/C10H9F3N2O3/c1-18-7(16)4-2-3-6-8(10(11,12)13)14-5-15-9(6)17/h2-3,5H,4H2,1H3,(H,14,15,17). The highest BCUT2D eigenvalue weighted by Gasteiger charge is 2.35. The van der Waals surface area contributed by atoms with Crippen LogP contribution in [0.15, 0.2) is 17.2 Å². The summed E-state index contributed by atoms with van der Waals surface area (Å²) in [4.78, 5) is 27.2. The maximum Gasteiger partial charge on any atom is 0.434 e. The number of aromatic amines is 1. The molecule has 5 nitrogen and oxygen atoms in total. The molecule has 0 aliphatic rings. The number of H-pyrrole nitrogens is 1. The van der Waals surface area contributed by atoms with Crippen LogP contribution in [0.3, 0.4) is 0 Å². The Morgan fingerprint density at radius 3 is 2.78 bits per heavy atom. The van der Waals surface area contributed by atoms with Gasteiger partial charge in [-0.1, -0.05) is 12.2 Å². The van der Waals surface area contributed by atoms with Crippen LogP contribution in [0.1, 0.15) is 17.7 Å². The van der Waals surface area contributed by atoms with Crippen molar-refractivity contribution in [3.05, 3.63) is 34.0 Å². The minimum Gasteiger partial charge on any atom is -0.469 e. The highest BCUT2D eigenvalue weighted by atomic mass is 19.4. The average molecular weight is 262 g/mol. The zero-order valence-electron chi connectivity index (χ0n) is 9.25. The molecule has 0 spiro atoms. The molecular formula is C10H9F3N2O3. The molecule has 0 atom stereocenters. The summed E-state index contributed by atoms with van der Waals surface area (Å²) in [7, 11) is 1.15. The predicted molar refractivity (Wildman–Crippen MR) is 55.5 cm³/mol. The molecule has 1 rings (SSSR count). The number of hydrogen-bond donors (Lipinski definition) is 1. The summed E-state index contributed by atoms with van der Waals surface area (Å²) in [6.45, 7) is 0. The summed E-state index contributed by atoms with van der Waals surface area (Å²) < 4.78 is 41.9. The molecule has 0 fully saturated rings. The van der Waals surface area contributed by atoms with Crippen molar-refractivity contribution in [3.8, 4) is 0 Å². The number of rotatable bonds is 3. The normalized spacial score (nSPS) is 11.8. The second kappa shape index (κ2) is 5.48. The zero-order chi connectivity index (χ0) is 13.8. The number of methoxy groups -OCH3 is 1. The largest absolute Gasteiger partial charge is 0.469 e. The first-order valence-corrected chi connectivity index (χ1v) is 4.74. The lowest BCUT2D eigenvalue weighted by atomic mass is 10.2. The van der Waals surface area contributed by atoms with E-state index in [1.54, 1.807) is 0 Å². The van der Waals surface area contributed by atoms with E-state index < -0.39 is 29.0 Å². The molecule has 98 valence electrons. The van der Waals surface area contributed by atoms with Crippen molar-refractivity contribution in [2.45, 2.75) is 12.6 Å². The smallest absolute Gasteiger partial charge is 0.434 e. The molecular weight excluding hydrogens is 253 g/mol. The first-order chi connectivity index (χ1) is 8.36. The molecule has 0 unspecified atom stereocenters. The summed E-state index contributed by atoms with van der Waals surface area (Å²) in [6.07, 6.45) is -2.30. The highest BCUT2D eigenvalue weighted by molar-refractivity contribution is 5.72. The fraction of sp³-hybridized carbons (Fsp3) is 0.300. The van der Waals surface area contributed by atoms with Gasteiger partial charge in [0.05, 0.1) is 25.4 Å². The van der Waals surface area contributed by atoms with Gasteiger partial charge in [-0.05, 0) is 0 Å². The third-order valence-corrected chi connectivity index (χ3v) is 1.95. The van der Waals surface area contributed by atoms with E-state index in [9.17, 15) is 22.8 Å². The summed E-state index contributed by atoms with van der Waals surface area (Å²) in [5, 5.41) is 0. The number of nitrogens with one attached hydrogen (secondary N) is 1. The van der Waals surface area contributed by atoms with Crippen molar-refractivity contribution < 1.29 is 22.7 Å². The van der Waals surface area contributed by atoms with E-state index in [2.05, 4.69) is 9.72 Å². The highest BCUT2D eigenvalue weighted by Crippen LogP contribution is 2.29. The summed E-state index contributed by atoms with van der Waals surface area (Å²) in [6, 6.07) is 0. The molecule has 0 bridgehead atoms. The fourth-order valence-corrected chi connectivity index (χ4v) is 1.15. The van der Waals surface area contributed by atoms with E-state index in [-0.39, 0.29) is 6.42 Å². The summed E-state index contributed by atoms with van der Waals surface area (Å²) in [5.74, 6) is -0.625. The van der Waals surface area contributed by atoms with E-state index in [1.165, 1.54) is 0 Å². The van der Waals surface area contributed by atoms with E-state index in [0.717, 1.165) is 19.3 Å². The summed E-state index contributed by atoms with van der Waals surface area (Å²) >= 11 is 0. The van der Waals surface area contributed by atoms with Gasteiger partial charge < -0.3 is 9.72 Å². The first-order valence-electron chi connectivity index (χ1n) is 4.74. The van der Waals surface area contributed by atoms with Crippen molar-refractivity contribution >= 4 is 12.0 Å². The van der Waals surface area contributed by atoms with E-state index >= 15 is 0 Å². The van der Waals surface area contributed by atoms with E-state index in [4.69, 9.17) is 0 Å². The quantitative estimate of drug-likeness (QED) is 0.835. The summed E-state index contributed by atoms with van der Waals surface area (Å²) in [5.41, 5.74) is -2.88. The molecule has 0 saturated carbocycles. The van der Waals surface area contributed by atoms with Gasteiger partial charge in [-0.25, -0.2) is 4.98 Å². The maximum atomic E-state index is 12.5. The van der Waals surface area contributed by atoms with Gasteiger partial charge in [-0.2, -0.15) is 13.2 Å². The van der Waals surface area contributed by atoms with Crippen LogP contribution < -0.4 is 5.56 Å². The second-order valence-electron chi connectivity index (χ2n) is 3.17. The van der Waals surface area contributed by atoms with Crippen molar-refractivity contribution in [3.63, 3.8) is 0 Å². The van der Waals surface area contributed by atoms with Crippen LogP contribution in [-0.2, 0) is 15.7 Å². The van der Waals surface area contributed by atoms with Gasteiger partial charge in [0.15, 0.2) is 5.69 Å². The number of alkyl halides is 3. The molecule has 0 aliphatic carbocycles. The Labute approximate surface area is 99.3 Å². The minimum absolute atomic E-state index is 0.234. The molecule has 0 radical (unpaired) electrons. The number of aromatic nitrogens is 2. The Balaban J connectivity index is 3.08. The van der Waals surface area contributed by atoms with Gasteiger partial charge in [0, 0.05) is 0 Å². The van der Waals surface area contributed by atoms with Crippen LogP contribution in [0.2, 0.25) is 0 Å². The van der Waals surface area contributed by atoms with Crippen LogP contribution >= 0.6 is 0 Å². The van der Waals surface area contributed by atoms with Gasteiger partial charge in [0.2, 0.25) is 0 Å². The van der Waals surface area contributed by atoms with Crippen molar-refractivity contribution in [1.29, 1.82) is 0 Å². The lowest BCUT2D eigenvalue weighted by Crippen LogP contribution is -2.20. The van der Waals surface area contributed by atoms with Crippen molar-refractivity contribution in [2.24, 2.45) is 0 Å². The SMILES string of the molecule is COC(=O)CC=Cc1c(C(F)(F)F)nc[nH]c1=O. The van der Waals surface area contributed by atoms with Gasteiger partial charge in [0.1, 0.15) is 0 Å². The van der Waals surface area contributed by atoms with Crippen molar-refractivity contribution in [2.75, 3.05) is 7.11 Å². The first kappa shape index (κ1) is 13.9. The maximum absolute atomic E-state index is 12.5. The number of halogens is 3. The number of carbonyl (C=O) groups is 1. The number of hydrogen-bond acceptors (Lipinski definition) is 4. The lowest BCUT2D eigenvalue weighted by Gasteiger charge is -2.07. The van der Waals surface area contributed by atoms with Gasteiger partial charge in [-0.3, -0.25) is 9.59 Å². The molecule has 0 amide bonds. The Morgan fingerprint density at radius 2 is 2.22 bits per heavy atom. The molecule has 0 aromatic carbocycles. The van der Waals surface area contributed by atoms with E-state index in [1.807, 2.05) is 4.98 Å². The van der Waals surface area contributed by atoms with Crippen LogP contribution in [0.4, 0.5) is 13.2 Å². The van der Waals surface area contributed by atoms with Crippen LogP contribution in [0, 0.1) is 0 Å². The Bertz CT molecular complexity index is 520. The molecule has 8 heteroatoms. The van der Waals surface area contributed by atoms with Crippen molar-refractivity contribution in [1.82, 2.24) is 9.97 Å². The molecule has 1 aromatic heterocycles. The third-order valence-electron chi connectivity index (χ3n) is 1.95. The van der Waals surface area contributed by atoms with Crippen LogP contribution in [0.25, 0.3) is 6.08 Å². The number of ether oxygens (including phenoxy) is 1. The minimum atomic E-state index is -4.74. The average Bonchev–Trinajstić information content (AvgIpc) is 2.29. The fourth-order valence-electron chi connectivity index (χ4n) is 1.15. The van der Waals surface area contributed by atoms with Gasteiger partial charge in [-0.15, -0.1) is 0 Å². The number of esters is 1. The second-order valence-corrected chi connectivity index (χ2v) is 3.17. The van der Waals surface area contributed by atoms with Gasteiger partial charge in [0.25, 0.3) is 5.56 Å². The van der Waals surface area contributed by atoms with Crippen LogP contribution in [0.5, 0.6) is 0 Å². The Kier molecular flexibility index (Phi) is 4.24. The Morgan fingerprint density at radius 1 is 1.56 bits per heavy atom. The molecule has 1 N–H and O–H groups in total. The third kappa shape index (κ3) is 3.44.